The summed E-state index contributed by atoms with van der Waals surface area (Å²) >= 11 is 6.41. The van der Waals surface area contributed by atoms with Crippen molar-refractivity contribution in [1.82, 2.24) is 10.2 Å². The second kappa shape index (κ2) is 10.6. The van der Waals surface area contributed by atoms with Crippen LogP contribution in [0.3, 0.4) is 0 Å². The summed E-state index contributed by atoms with van der Waals surface area (Å²) in [6, 6.07) is 13.9. The molecule has 170 valence electrons. The fourth-order valence-electron chi connectivity index (χ4n) is 3.69. The number of carbonyl (C=O) groups is 2. The first kappa shape index (κ1) is 23.7. The molecule has 32 heavy (non-hydrogen) atoms. The summed E-state index contributed by atoms with van der Waals surface area (Å²) in [4.78, 5) is 27.5. The fourth-order valence-corrected chi connectivity index (χ4v) is 3.93. The number of urea groups is 1. The van der Waals surface area contributed by atoms with Crippen LogP contribution in [0, 0.1) is 0 Å². The van der Waals surface area contributed by atoms with Gasteiger partial charge >= 0.3 is 12.0 Å². The zero-order valence-corrected chi connectivity index (χ0v) is 19.6. The Morgan fingerprint density at radius 1 is 1.12 bits per heavy atom. The molecule has 1 heterocycles. The van der Waals surface area contributed by atoms with Gasteiger partial charge in [0.2, 0.25) is 0 Å². The second-order valence-corrected chi connectivity index (χ2v) is 8.15. The van der Waals surface area contributed by atoms with Crippen LogP contribution in [0.1, 0.15) is 50.8 Å². The number of ether oxygens (including phenoxy) is 2. The average molecular weight is 457 g/mol. The first-order chi connectivity index (χ1) is 15.4. The number of nitrogens with one attached hydrogen (secondary N) is 1. The van der Waals surface area contributed by atoms with Gasteiger partial charge in [-0.2, -0.15) is 0 Å². The van der Waals surface area contributed by atoms with Crippen molar-refractivity contribution in [3.8, 4) is 5.75 Å². The van der Waals surface area contributed by atoms with Crippen LogP contribution in [0.2, 0.25) is 5.02 Å². The molecule has 3 rings (SSSR count). The van der Waals surface area contributed by atoms with Gasteiger partial charge in [0.05, 0.1) is 23.9 Å². The maximum absolute atomic E-state index is 13.0. The molecule has 1 atom stereocenters. The van der Waals surface area contributed by atoms with Gasteiger partial charge < -0.3 is 14.8 Å². The van der Waals surface area contributed by atoms with Crippen LogP contribution in [0.25, 0.3) is 0 Å². The molecule has 0 fully saturated rings. The molecular formula is C25H29ClN2O4. The van der Waals surface area contributed by atoms with E-state index in [1.807, 2.05) is 37.3 Å². The second-order valence-electron chi connectivity index (χ2n) is 7.74. The van der Waals surface area contributed by atoms with E-state index >= 15 is 0 Å². The molecule has 2 amide bonds. The normalized spacial score (nSPS) is 16.2. The summed E-state index contributed by atoms with van der Waals surface area (Å²) in [7, 11) is 0. The van der Waals surface area contributed by atoms with Crippen LogP contribution in [-0.4, -0.2) is 36.7 Å². The van der Waals surface area contributed by atoms with Gasteiger partial charge in [-0.25, -0.2) is 9.59 Å². The average Bonchev–Trinajstić information content (AvgIpc) is 2.78. The smallest absolute Gasteiger partial charge is 0.338 e. The van der Waals surface area contributed by atoms with Crippen LogP contribution < -0.4 is 10.1 Å². The number of rotatable bonds is 8. The van der Waals surface area contributed by atoms with Gasteiger partial charge in [0.25, 0.3) is 0 Å². The standard InChI is InChI=1S/C25H29ClN2O4/c1-5-28-21(15-32-18-13-11-17(12-14-18)16(3)4)22(24(29)31-6-2)23(27-25(28)30)19-9-7-8-10-20(19)26/h7-14,16,23H,5-6,15H2,1-4H3,(H,27,30). The lowest BCUT2D eigenvalue weighted by molar-refractivity contribution is -0.139. The van der Waals surface area contributed by atoms with E-state index in [9.17, 15) is 9.59 Å². The van der Waals surface area contributed by atoms with Crippen LogP contribution in [0.5, 0.6) is 5.75 Å². The number of carbonyl (C=O) groups excluding carboxylic acids is 2. The van der Waals surface area contributed by atoms with Gasteiger partial charge in [-0.05, 0) is 49.1 Å². The Labute approximate surface area is 194 Å². The van der Waals surface area contributed by atoms with E-state index in [4.69, 9.17) is 21.1 Å². The molecule has 1 aliphatic rings. The lowest BCUT2D eigenvalue weighted by atomic mass is 9.94. The fraction of sp³-hybridized carbons (Fsp3) is 0.360. The Kier molecular flexibility index (Phi) is 7.80. The largest absolute Gasteiger partial charge is 0.487 e. The predicted octanol–water partition coefficient (Wildman–Crippen LogP) is 5.45. The molecule has 0 saturated heterocycles. The number of hydrogen-bond donors (Lipinski definition) is 1. The molecule has 0 spiro atoms. The van der Waals surface area contributed by atoms with Gasteiger partial charge in [-0.3, -0.25) is 4.90 Å². The maximum Gasteiger partial charge on any atom is 0.338 e. The zero-order valence-electron chi connectivity index (χ0n) is 18.9. The van der Waals surface area contributed by atoms with Crippen molar-refractivity contribution in [2.75, 3.05) is 19.8 Å². The molecule has 7 heteroatoms. The van der Waals surface area contributed by atoms with Gasteiger partial charge in [-0.1, -0.05) is 55.8 Å². The summed E-state index contributed by atoms with van der Waals surface area (Å²) < 4.78 is 11.4. The van der Waals surface area contributed by atoms with Gasteiger partial charge in [-0.15, -0.1) is 0 Å². The molecule has 0 saturated carbocycles. The number of halogens is 1. The molecule has 6 nitrogen and oxygen atoms in total. The Balaban J connectivity index is 2.03. The van der Waals surface area contributed by atoms with Gasteiger partial charge in [0, 0.05) is 11.6 Å². The number of esters is 1. The molecule has 1 N–H and O–H groups in total. The molecule has 2 aromatic rings. The Hall–Kier alpha value is -2.99. The Bertz CT molecular complexity index is 1000. The van der Waals surface area contributed by atoms with Crippen molar-refractivity contribution in [2.24, 2.45) is 0 Å². The molecular weight excluding hydrogens is 428 g/mol. The van der Waals surface area contributed by atoms with E-state index in [-0.39, 0.29) is 19.2 Å². The summed E-state index contributed by atoms with van der Waals surface area (Å²) in [6.07, 6.45) is 0. The highest BCUT2D eigenvalue weighted by atomic mass is 35.5. The van der Waals surface area contributed by atoms with Crippen LogP contribution in [0.15, 0.2) is 59.8 Å². The number of benzene rings is 2. The van der Waals surface area contributed by atoms with E-state index in [2.05, 4.69) is 19.2 Å². The third-order valence-corrected chi connectivity index (χ3v) is 5.73. The highest BCUT2D eigenvalue weighted by molar-refractivity contribution is 6.31. The maximum atomic E-state index is 13.0. The molecule has 0 bridgehead atoms. The van der Waals surface area contributed by atoms with E-state index in [1.165, 1.54) is 10.5 Å². The third-order valence-electron chi connectivity index (χ3n) is 5.39. The van der Waals surface area contributed by atoms with Gasteiger partial charge in [0.15, 0.2) is 0 Å². The monoisotopic (exact) mass is 456 g/mol. The number of hydrogen-bond acceptors (Lipinski definition) is 4. The van der Waals surface area contributed by atoms with E-state index in [0.29, 0.717) is 40.1 Å². The first-order valence-corrected chi connectivity index (χ1v) is 11.2. The van der Waals surface area contributed by atoms with Crippen molar-refractivity contribution >= 4 is 23.6 Å². The molecule has 0 aliphatic carbocycles. The quantitative estimate of drug-likeness (QED) is 0.536. The van der Waals surface area contributed by atoms with Crippen LogP contribution in [0.4, 0.5) is 4.79 Å². The third kappa shape index (κ3) is 5.07. The first-order valence-electron chi connectivity index (χ1n) is 10.8. The van der Waals surface area contributed by atoms with Gasteiger partial charge in [0.1, 0.15) is 12.4 Å². The molecule has 0 radical (unpaired) electrons. The Morgan fingerprint density at radius 3 is 2.41 bits per heavy atom. The number of nitrogens with zero attached hydrogens (tertiary/aromatic N) is 1. The highest BCUT2D eigenvalue weighted by Crippen LogP contribution is 2.35. The molecule has 1 aliphatic heterocycles. The zero-order chi connectivity index (χ0) is 23.3. The highest BCUT2D eigenvalue weighted by Gasteiger charge is 2.38. The number of amides is 2. The van der Waals surface area contributed by atoms with Crippen molar-refractivity contribution < 1.29 is 19.1 Å². The topological polar surface area (TPSA) is 67.9 Å². The number of likely N-dealkylation sites (N-methyl/N-ethyl adjacent to an activating group) is 1. The summed E-state index contributed by atoms with van der Waals surface area (Å²) in [5.74, 6) is 0.558. The minimum atomic E-state index is -0.736. The minimum Gasteiger partial charge on any atom is -0.487 e. The van der Waals surface area contributed by atoms with Crippen LogP contribution >= 0.6 is 11.6 Å². The predicted molar refractivity (Wildman–Crippen MR) is 125 cm³/mol. The summed E-state index contributed by atoms with van der Waals surface area (Å²) in [5.41, 5.74) is 2.61. The van der Waals surface area contributed by atoms with E-state index in [1.54, 1.807) is 25.1 Å². The van der Waals surface area contributed by atoms with Crippen molar-refractivity contribution in [1.29, 1.82) is 0 Å². The SMILES string of the molecule is CCOC(=O)C1=C(COc2ccc(C(C)C)cc2)N(CC)C(=O)NC1c1ccccc1Cl. The minimum absolute atomic E-state index is 0.0391. The summed E-state index contributed by atoms with van der Waals surface area (Å²) in [6.45, 7) is 8.46. The van der Waals surface area contributed by atoms with Crippen molar-refractivity contribution in [2.45, 2.75) is 39.7 Å². The molecule has 0 aromatic heterocycles. The van der Waals surface area contributed by atoms with Crippen LogP contribution in [-0.2, 0) is 9.53 Å². The van der Waals surface area contributed by atoms with Crippen molar-refractivity contribution in [3.63, 3.8) is 0 Å². The van der Waals surface area contributed by atoms with Crippen molar-refractivity contribution in [3.05, 3.63) is 76.0 Å². The molecule has 2 aromatic carbocycles. The van der Waals surface area contributed by atoms with E-state index < -0.39 is 12.0 Å². The summed E-state index contributed by atoms with van der Waals surface area (Å²) in [5, 5.41) is 3.35. The van der Waals surface area contributed by atoms with E-state index in [0.717, 1.165) is 0 Å². The lowest BCUT2D eigenvalue weighted by Crippen LogP contribution is -2.49. The Morgan fingerprint density at radius 2 is 1.81 bits per heavy atom. The molecule has 1 unspecified atom stereocenters. The lowest BCUT2D eigenvalue weighted by Gasteiger charge is -2.36.